The van der Waals surface area contributed by atoms with E-state index in [1.165, 1.54) is 10.6 Å². The second-order valence-corrected chi connectivity index (χ2v) is 8.25. The Bertz CT molecular complexity index is 1500. The number of hydrogen-bond donors (Lipinski definition) is 1. The number of imidazole rings is 1. The first kappa shape index (κ1) is 20.8. The number of carbonyl (C=O) groups is 1. The fourth-order valence-electron chi connectivity index (χ4n) is 4.58. The van der Waals surface area contributed by atoms with Crippen molar-refractivity contribution < 1.29 is 14.6 Å². The smallest absolute Gasteiger partial charge is 0.341 e. The second kappa shape index (κ2) is 8.15. The van der Waals surface area contributed by atoms with Crippen LogP contribution >= 0.6 is 0 Å². The monoisotopic (exact) mass is 443 g/mol. The number of aromatic nitrogens is 4. The van der Waals surface area contributed by atoms with Gasteiger partial charge in [-0.05, 0) is 50.1 Å². The van der Waals surface area contributed by atoms with Gasteiger partial charge < -0.3 is 19.0 Å². The highest BCUT2D eigenvalue weighted by Crippen LogP contribution is 2.34. The Kier molecular flexibility index (Phi) is 5.15. The summed E-state index contributed by atoms with van der Waals surface area (Å²) in [6.45, 7) is 2.74. The molecule has 9 heteroatoms. The van der Waals surface area contributed by atoms with Crippen LogP contribution in [0.1, 0.15) is 47.6 Å². The molecule has 2 atom stereocenters. The van der Waals surface area contributed by atoms with Crippen molar-refractivity contribution in [2.24, 2.45) is 0 Å². The summed E-state index contributed by atoms with van der Waals surface area (Å²) in [7, 11) is 0. The Labute approximate surface area is 188 Å². The van der Waals surface area contributed by atoms with Crippen LogP contribution in [-0.4, -0.2) is 42.9 Å². The summed E-state index contributed by atoms with van der Waals surface area (Å²) < 4.78 is 9.24. The lowest BCUT2D eigenvalue weighted by Gasteiger charge is -2.30. The molecule has 1 aliphatic rings. The van der Waals surface area contributed by atoms with Crippen LogP contribution in [-0.2, 0) is 11.3 Å². The molecule has 1 fully saturated rings. The van der Waals surface area contributed by atoms with Gasteiger partial charge in [-0.15, -0.1) is 0 Å². The first-order valence-electron chi connectivity index (χ1n) is 10.7. The zero-order valence-electron chi connectivity index (χ0n) is 17.9. The zero-order valence-corrected chi connectivity index (χ0v) is 17.9. The molecule has 1 N–H and O–H groups in total. The topological polar surface area (TPSA) is 123 Å². The van der Waals surface area contributed by atoms with Crippen molar-refractivity contribution in [3.05, 3.63) is 70.0 Å². The average Bonchev–Trinajstić information content (AvgIpc) is 3.18. The van der Waals surface area contributed by atoms with E-state index in [1.807, 2.05) is 19.1 Å². The molecule has 0 saturated carbocycles. The molecule has 0 spiro atoms. The van der Waals surface area contributed by atoms with Crippen molar-refractivity contribution in [3.63, 3.8) is 0 Å². The number of carboxylic acid groups (broad SMARTS) is 1. The summed E-state index contributed by atoms with van der Waals surface area (Å²) in [5, 5.41) is 19.6. The maximum Gasteiger partial charge on any atom is 0.341 e. The quantitative estimate of drug-likeness (QED) is 0.514. The Morgan fingerprint density at radius 3 is 2.94 bits per heavy atom. The minimum absolute atomic E-state index is 0.0647. The van der Waals surface area contributed by atoms with Crippen LogP contribution < -0.4 is 5.56 Å². The van der Waals surface area contributed by atoms with Crippen LogP contribution in [0.25, 0.3) is 21.9 Å². The molecule has 33 heavy (non-hydrogen) atoms. The molecule has 4 heterocycles. The van der Waals surface area contributed by atoms with E-state index in [0.717, 1.165) is 29.3 Å². The molecule has 0 aliphatic carbocycles. The largest absolute Gasteiger partial charge is 0.477 e. The van der Waals surface area contributed by atoms with Gasteiger partial charge in [0.05, 0.1) is 41.5 Å². The lowest BCUT2D eigenvalue weighted by Crippen LogP contribution is -2.29. The molecule has 166 valence electrons. The normalized spacial score (nSPS) is 18.4. The van der Waals surface area contributed by atoms with Gasteiger partial charge >= 0.3 is 5.97 Å². The molecule has 4 aromatic rings. The summed E-state index contributed by atoms with van der Waals surface area (Å²) in [4.78, 5) is 33.5. The van der Waals surface area contributed by atoms with Crippen LogP contribution in [0.3, 0.4) is 0 Å². The molecule has 0 unspecified atom stereocenters. The average molecular weight is 443 g/mol. The molecule has 0 amide bonds. The Morgan fingerprint density at radius 2 is 2.18 bits per heavy atom. The SMILES string of the molecule is C[C@@H]1C[C@H](n2c(Cn3cccc(C(=O)O)c3=O)nc3cnc4ccc(C#N)cc4c32)CCO1. The number of aromatic carboxylic acids is 1. The summed E-state index contributed by atoms with van der Waals surface area (Å²) in [5.41, 5.74) is 1.92. The van der Waals surface area contributed by atoms with Crippen LogP contribution in [0, 0.1) is 11.3 Å². The molecule has 5 rings (SSSR count). The van der Waals surface area contributed by atoms with Gasteiger partial charge in [0.1, 0.15) is 16.9 Å². The van der Waals surface area contributed by atoms with Crippen LogP contribution in [0.2, 0.25) is 0 Å². The molecule has 1 aromatic carbocycles. The Morgan fingerprint density at radius 1 is 1.33 bits per heavy atom. The van der Waals surface area contributed by atoms with Crippen molar-refractivity contribution in [3.8, 4) is 6.07 Å². The molecule has 0 bridgehead atoms. The number of pyridine rings is 2. The third-order valence-electron chi connectivity index (χ3n) is 6.10. The van der Waals surface area contributed by atoms with Gasteiger partial charge in [-0.2, -0.15) is 5.26 Å². The van der Waals surface area contributed by atoms with E-state index < -0.39 is 11.5 Å². The summed E-state index contributed by atoms with van der Waals surface area (Å²) in [6, 6.07) is 10.5. The van der Waals surface area contributed by atoms with Crippen molar-refractivity contribution in [2.75, 3.05) is 6.61 Å². The van der Waals surface area contributed by atoms with Gasteiger partial charge in [-0.3, -0.25) is 9.78 Å². The number of fused-ring (bicyclic) bond motifs is 3. The fourth-order valence-corrected chi connectivity index (χ4v) is 4.58. The lowest BCUT2D eigenvalue weighted by molar-refractivity contribution is 0.00620. The molecule has 9 nitrogen and oxygen atoms in total. The predicted molar refractivity (Wildman–Crippen MR) is 120 cm³/mol. The number of carboxylic acids is 1. The van der Waals surface area contributed by atoms with Gasteiger partial charge in [0.15, 0.2) is 0 Å². The predicted octanol–water partition coefficient (Wildman–Crippen LogP) is 3.10. The summed E-state index contributed by atoms with van der Waals surface area (Å²) in [5.74, 6) is -0.634. The molecular formula is C24H21N5O4. The van der Waals surface area contributed by atoms with E-state index >= 15 is 0 Å². The highest BCUT2D eigenvalue weighted by atomic mass is 16.5. The van der Waals surface area contributed by atoms with Crippen LogP contribution in [0.4, 0.5) is 0 Å². The summed E-state index contributed by atoms with van der Waals surface area (Å²) in [6.07, 6.45) is 4.87. The van der Waals surface area contributed by atoms with Crippen molar-refractivity contribution in [2.45, 2.75) is 38.5 Å². The van der Waals surface area contributed by atoms with E-state index in [4.69, 9.17) is 9.72 Å². The molecule has 0 radical (unpaired) electrons. The van der Waals surface area contributed by atoms with Gasteiger partial charge in [0.2, 0.25) is 0 Å². The third-order valence-corrected chi connectivity index (χ3v) is 6.10. The highest BCUT2D eigenvalue weighted by Gasteiger charge is 2.27. The number of benzene rings is 1. The van der Waals surface area contributed by atoms with E-state index in [0.29, 0.717) is 23.5 Å². The summed E-state index contributed by atoms with van der Waals surface area (Å²) >= 11 is 0. The standard InChI is InChI=1S/C24H21N5O4/c1-14-9-16(6-8-33-14)29-21(13-28-7-2-3-17(23(28)30)24(31)32)27-20-12-26-19-5-4-15(11-25)10-18(19)22(20)29/h2-5,7,10,12,14,16H,6,8-9,13H2,1H3,(H,31,32)/t14-,16-/m1/s1. The number of rotatable bonds is 4. The van der Waals surface area contributed by atoms with Gasteiger partial charge in [-0.25, -0.2) is 9.78 Å². The minimum atomic E-state index is -1.26. The number of ether oxygens (including phenoxy) is 1. The molecule has 3 aromatic heterocycles. The van der Waals surface area contributed by atoms with E-state index in [9.17, 15) is 20.0 Å². The number of nitrogens with zero attached hydrogens (tertiary/aromatic N) is 5. The first-order valence-corrected chi connectivity index (χ1v) is 10.7. The number of hydrogen-bond acceptors (Lipinski definition) is 6. The van der Waals surface area contributed by atoms with Gasteiger partial charge in [-0.1, -0.05) is 0 Å². The molecule has 1 aliphatic heterocycles. The number of nitriles is 1. The molecular weight excluding hydrogens is 422 g/mol. The Balaban J connectivity index is 1.75. The van der Waals surface area contributed by atoms with Crippen molar-refractivity contribution in [1.82, 2.24) is 19.1 Å². The van der Waals surface area contributed by atoms with Crippen LogP contribution in [0.5, 0.6) is 0 Å². The van der Waals surface area contributed by atoms with Crippen LogP contribution in [0.15, 0.2) is 47.5 Å². The third kappa shape index (κ3) is 3.64. The zero-order chi connectivity index (χ0) is 23.1. The first-order chi connectivity index (χ1) is 16.0. The van der Waals surface area contributed by atoms with Gasteiger partial charge in [0, 0.05) is 24.2 Å². The minimum Gasteiger partial charge on any atom is -0.477 e. The van der Waals surface area contributed by atoms with E-state index in [2.05, 4.69) is 15.6 Å². The fraction of sp³-hybridized carbons (Fsp3) is 0.292. The van der Waals surface area contributed by atoms with Crippen molar-refractivity contribution >= 4 is 27.9 Å². The van der Waals surface area contributed by atoms with Crippen molar-refractivity contribution in [1.29, 1.82) is 5.26 Å². The maximum absolute atomic E-state index is 12.7. The Hall–Kier alpha value is -4.03. The highest BCUT2D eigenvalue weighted by molar-refractivity contribution is 6.02. The van der Waals surface area contributed by atoms with E-state index in [-0.39, 0.29) is 24.3 Å². The molecule has 1 saturated heterocycles. The maximum atomic E-state index is 12.7. The van der Waals surface area contributed by atoms with E-state index in [1.54, 1.807) is 24.5 Å². The lowest BCUT2D eigenvalue weighted by atomic mass is 10.0. The van der Waals surface area contributed by atoms with Gasteiger partial charge in [0.25, 0.3) is 5.56 Å². The second-order valence-electron chi connectivity index (χ2n) is 8.25.